The Kier molecular flexibility index (Phi) is 10.2. The molecule has 1 aromatic carbocycles. The van der Waals surface area contributed by atoms with Gasteiger partial charge >= 0.3 is 6.09 Å². The van der Waals surface area contributed by atoms with Crippen molar-refractivity contribution >= 4 is 17.9 Å². The van der Waals surface area contributed by atoms with Crippen LogP contribution in [-0.2, 0) is 20.7 Å². The molecule has 4 atom stereocenters. The van der Waals surface area contributed by atoms with Gasteiger partial charge in [0.05, 0.1) is 0 Å². The molecule has 0 bridgehead atoms. The second-order valence-electron chi connectivity index (χ2n) is 12.7. The van der Waals surface area contributed by atoms with E-state index in [2.05, 4.69) is 24.5 Å². The summed E-state index contributed by atoms with van der Waals surface area (Å²) in [6.07, 6.45) is 6.95. The number of hydrogen-bond acceptors (Lipinski definition) is 4. The van der Waals surface area contributed by atoms with E-state index in [4.69, 9.17) is 4.74 Å². The van der Waals surface area contributed by atoms with E-state index in [0.717, 1.165) is 44.1 Å². The molecule has 0 spiro atoms. The molecule has 2 aliphatic rings. The van der Waals surface area contributed by atoms with Crippen molar-refractivity contribution in [1.29, 1.82) is 0 Å². The van der Waals surface area contributed by atoms with E-state index in [9.17, 15) is 14.4 Å². The van der Waals surface area contributed by atoms with Gasteiger partial charge in [-0.1, -0.05) is 71.2 Å². The minimum atomic E-state index is -0.780. The fraction of sp³-hybridized carbons (Fsp3) is 0.710. The number of rotatable bonds is 10. The normalized spacial score (nSPS) is 21.4. The first-order valence-electron chi connectivity index (χ1n) is 14.6. The second kappa shape index (κ2) is 13.0. The van der Waals surface area contributed by atoms with Crippen LogP contribution in [0.3, 0.4) is 0 Å². The number of hydrogen-bond donors (Lipinski definition) is 2. The summed E-state index contributed by atoms with van der Waals surface area (Å²) in [5.41, 5.74) is 1.31. The first kappa shape index (κ1) is 30.0. The topological polar surface area (TPSA) is 87.7 Å². The van der Waals surface area contributed by atoms with Crippen LogP contribution in [0.25, 0.3) is 0 Å². The molecular formula is C31H49N3O4. The van der Waals surface area contributed by atoms with E-state index in [1.54, 1.807) is 25.7 Å². The van der Waals surface area contributed by atoms with Gasteiger partial charge in [-0.3, -0.25) is 9.59 Å². The van der Waals surface area contributed by atoms with Gasteiger partial charge in [-0.05, 0) is 75.8 Å². The standard InChI is InChI=1S/C31H49N3O4/c1-8-22-14-16-23(17-15-22)27(28(35)32-24-12-10-9-11-13-24)34(26-19-21(26)4)29(36)25(18-20(2)3)33-30(37)38-31(5,6)7/h14-17,20-21,24-27H,8-13,18-19H2,1-7H3,(H,32,35)(H,33,37). The Balaban J connectivity index is 1.96. The Labute approximate surface area is 229 Å². The van der Waals surface area contributed by atoms with Crippen molar-refractivity contribution in [3.8, 4) is 0 Å². The highest BCUT2D eigenvalue weighted by Crippen LogP contribution is 2.41. The summed E-state index contributed by atoms with van der Waals surface area (Å²) in [6, 6.07) is 6.60. The van der Waals surface area contributed by atoms with Gasteiger partial charge in [0.1, 0.15) is 17.7 Å². The number of alkyl carbamates (subject to hydrolysis) is 1. The van der Waals surface area contributed by atoms with Crippen LogP contribution in [0.4, 0.5) is 4.79 Å². The zero-order chi connectivity index (χ0) is 28.0. The molecular weight excluding hydrogens is 478 g/mol. The monoisotopic (exact) mass is 527 g/mol. The molecule has 7 nitrogen and oxygen atoms in total. The van der Waals surface area contributed by atoms with Crippen molar-refractivity contribution in [2.24, 2.45) is 11.8 Å². The van der Waals surface area contributed by atoms with Crippen molar-refractivity contribution < 1.29 is 19.1 Å². The second-order valence-corrected chi connectivity index (χ2v) is 12.7. The highest BCUT2D eigenvalue weighted by Gasteiger charge is 2.48. The lowest BCUT2D eigenvalue weighted by Gasteiger charge is -2.36. The molecule has 2 N–H and O–H groups in total. The predicted molar refractivity (Wildman–Crippen MR) is 151 cm³/mol. The highest BCUT2D eigenvalue weighted by atomic mass is 16.6. The quantitative estimate of drug-likeness (QED) is 0.396. The maximum atomic E-state index is 14.3. The van der Waals surface area contributed by atoms with Crippen LogP contribution in [0.1, 0.15) is 111 Å². The van der Waals surface area contributed by atoms with Crippen LogP contribution in [-0.4, -0.2) is 46.5 Å². The number of carbonyl (C=O) groups excluding carboxylic acids is 3. The Morgan fingerprint density at radius 2 is 1.66 bits per heavy atom. The minimum Gasteiger partial charge on any atom is -0.444 e. The Hall–Kier alpha value is -2.57. The molecule has 0 radical (unpaired) electrons. The van der Waals surface area contributed by atoms with Gasteiger partial charge in [-0.25, -0.2) is 4.79 Å². The molecule has 2 fully saturated rings. The third-order valence-corrected chi connectivity index (χ3v) is 7.56. The predicted octanol–water partition coefficient (Wildman–Crippen LogP) is 5.92. The average molecular weight is 528 g/mol. The molecule has 0 aliphatic heterocycles. The number of amides is 3. The van der Waals surface area contributed by atoms with E-state index >= 15 is 0 Å². The van der Waals surface area contributed by atoms with Gasteiger partial charge < -0.3 is 20.3 Å². The smallest absolute Gasteiger partial charge is 0.408 e. The summed E-state index contributed by atoms with van der Waals surface area (Å²) in [5.74, 6) is 0.104. The maximum Gasteiger partial charge on any atom is 0.408 e. The average Bonchev–Trinajstić information content (AvgIpc) is 3.56. The lowest BCUT2D eigenvalue weighted by Crippen LogP contribution is -2.55. The maximum absolute atomic E-state index is 14.3. The van der Waals surface area contributed by atoms with Crippen LogP contribution < -0.4 is 10.6 Å². The fourth-order valence-electron chi connectivity index (χ4n) is 5.40. The summed E-state index contributed by atoms with van der Waals surface area (Å²) >= 11 is 0. The molecule has 38 heavy (non-hydrogen) atoms. The van der Waals surface area contributed by atoms with Gasteiger partial charge in [-0.2, -0.15) is 0 Å². The van der Waals surface area contributed by atoms with Crippen LogP contribution in [0.2, 0.25) is 0 Å². The molecule has 1 aromatic rings. The van der Waals surface area contributed by atoms with Gasteiger partial charge in [0, 0.05) is 12.1 Å². The number of nitrogens with zero attached hydrogens (tertiary/aromatic N) is 1. The van der Waals surface area contributed by atoms with Crippen LogP contribution in [0.15, 0.2) is 24.3 Å². The van der Waals surface area contributed by atoms with E-state index in [-0.39, 0.29) is 29.8 Å². The minimum absolute atomic E-state index is 0.0504. The summed E-state index contributed by atoms with van der Waals surface area (Å²) in [6.45, 7) is 13.7. The number of benzene rings is 1. The number of carbonyl (C=O) groups is 3. The Morgan fingerprint density at radius 1 is 1.05 bits per heavy atom. The third kappa shape index (κ3) is 8.47. The molecule has 0 aromatic heterocycles. The SMILES string of the molecule is CCc1ccc(C(C(=O)NC2CCCCC2)N(C(=O)C(CC(C)C)NC(=O)OC(C)(C)C)C2CC2C)cc1. The van der Waals surface area contributed by atoms with E-state index in [1.807, 2.05) is 38.1 Å². The summed E-state index contributed by atoms with van der Waals surface area (Å²) in [4.78, 5) is 42.8. The molecule has 0 heterocycles. The van der Waals surface area contributed by atoms with E-state index in [0.29, 0.717) is 12.3 Å². The van der Waals surface area contributed by atoms with Crippen molar-refractivity contribution in [1.82, 2.24) is 15.5 Å². The largest absolute Gasteiger partial charge is 0.444 e. The lowest BCUT2D eigenvalue weighted by molar-refractivity contribution is -0.144. The first-order chi connectivity index (χ1) is 17.9. The van der Waals surface area contributed by atoms with Crippen LogP contribution in [0, 0.1) is 11.8 Å². The van der Waals surface area contributed by atoms with Crippen molar-refractivity contribution in [2.75, 3.05) is 0 Å². The number of ether oxygens (including phenoxy) is 1. The molecule has 212 valence electrons. The van der Waals surface area contributed by atoms with E-state index < -0.39 is 23.8 Å². The third-order valence-electron chi connectivity index (χ3n) is 7.56. The molecule has 2 saturated carbocycles. The van der Waals surface area contributed by atoms with Gasteiger partial charge in [0.25, 0.3) is 0 Å². The summed E-state index contributed by atoms with van der Waals surface area (Å²) in [7, 11) is 0. The number of nitrogens with one attached hydrogen (secondary N) is 2. The van der Waals surface area contributed by atoms with Gasteiger partial charge in [-0.15, -0.1) is 0 Å². The fourth-order valence-corrected chi connectivity index (χ4v) is 5.40. The Morgan fingerprint density at radius 3 is 2.16 bits per heavy atom. The highest BCUT2D eigenvalue weighted by molar-refractivity contribution is 5.92. The van der Waals surface area contributed by atoms with Crippen molar-refractivity contribution in [2.45, 2.75) is 130 Å². The van der Waals surface area contributed by atoms with Crippen LogP contribution in [0.5, 0.6) is 0 Å². The van der Waals surface area contributed by atoms with Crippen molar-refractivity contribution in [3.63, 3.8) is 0 Å². The Bertz CT molecular complexity index is 947. The molecule has 3 amide bonds. The van der Waals surface area contributed by atoms with Gasteiger partial charge in [0.2, 0.25) is 11.8 Å². The first-order valence-corrected chi connectivity index (χ1v) is 14.6. The zero-order valence-corrected chi connectivity index (χ0v) is 24.5. The van der Waals surface area contributed by atoms with Crippen molar-refractivity contribution in [3.05, 3.63) is 35.4 Å². The van der Waals surface area contributed by atoms with Crippen LogP contribution >= 0.6 is 0 Å². The lowest BCUT2D eigenvalue weighted by atomic mass is 9.94. The molecule has 0 saturated heterocycles. The molecule has 3 rings (SSSR count). The van der Waals surface area contributed by atoms with Gasteiger partial charge in [0.15, 0.2) is 0 Å². The summed E-state index contributed by atoms with van der Waals surface area (Å²) < 4.78 is 5.50. The number of aryl methyl sites for hydroxylation is 1. The van der Waals surface area contributed by atoms with E-state index in [1.165, 1.54) is 12.0 Å². The molecule has 7 heteroatoms. The zero-order valence-electron chi connectivity index (χ0n) is 24.5. The molecule has 2 aliphatic carbocycles. The summed E-state index contributed by atoms with van der Waals surface area (Å²) in [5, 5.41) is 6.13. The molecule has 4 unspecified atom stereocenters.